The van der Waals surface area contributed by atoms with E-state index in [4.69, 9.17) is 0 Å². The van der Waals surface area contributed by atoms with Crippen LogP contribution >= 0.6 is 0 Å². The number of anilines is 1. The molecular weight excluding hydrogens is 335 g/mol. The Labute approximate surface area is 150 Å². The van der Waals surface area contributed by atoms with Gasteiger partial charge in [0.25, 0.3) is 5.91 Å². The van der Waals surface area contributed by atoms with Gasteiger partial charge in [0, 0.05) is 44.2 Å². The van der Waals surface area contributed by atoms with E-state index in [1.165, 1.54) is 12.1 Å². The van der Waals surface area contributed by atoms with Crippen LogP contribution in [0.25, 0.3) is 5.65 Å². The molecule has 3 heterocycles. The first-order chi connectivity index (χ1) is 12.7. The summed E-state index contributed by atoms with van der Waals surface area (Å²) < 4.78 is 15.1. The topological polar surface area (TPSA) is 66.6 Å². The Morgan fingerprint density at radius 1 is 1.15 bits per heavy atom. The third-order valence-corrected chi connectivity index (χ3v) is 4.63. The number of fused-ring (bicyclic) bond motifs is 1. The summed E-state index contributed by atoms with van der Waals surface area (Å²) in [6.07, 6.45) is 2.58. The van der Waals surface area contributed by atoms with E-state index < -0.39 is 5.82 Å². The van der Waals surface area contributed by atoms with Crippen molar-refractivity contribution >= 4 is 17.2 Å². The highest BCUT2D eigenvalue weighted by Crippen LogP contribution is 2.18. The molecule has 1 fully saturated rings. The highest BCUT2D eigenvalue weighted by molar-refractivity contribution is 5.94. The van der Waals surface area contributed by atoms with Gasteiger partial charge in [-0.25, -0.2) is 4.39 Å². The minimum atomic E-state index is -0.395. The number of aryl methyl sites for hydroxylation is 1. The number of halogens is 1. The van der Waals surface area contributed by atoms with E-state index in [2.05, 4.69) is 20.2 Å². The molecule has 3 aromatic rings. The fourth-order valence-corrected chi connectivity index (χ4v) is 3.19. The minimum absolute atomic E-state index is 0.136. The number of aromatic nitrogens is 4. The summed E-state index contributed by atoms with van der Waals surface area (Å²) in [5, 5.41) is 12.7. The van der Waals surface area contributed by atoms with Crippen molar-refractivity contribution in [3.8, 4) is 0 Å². The second-order valence-corrected chi connectivity index (χ2v) is 6.24. The molecule has 0 saturated carbocycles. The highest BCUT2D eigenvalue weighted by Gasteiger charge is 2.23. The van der Waals surface area contributed by atoms with Crippen molar-refractivity contribution in [1.29, 1.82) is 0 Å². The van der Waals surface area contributed by atoms with Gasteiger partial charge in [0.05, 0.1) is 11.9 Å². The Balaban J connectivity index is 1.45. The van der Waals surface area contributed by atoms with Crippen molar-refractivity contribution in [1.82, 2.24) is 24.7 Å². The van der Waals surface area contributed by atoms with Crippen LogP contribution in [0.2, 0.25) is 0 Å². The maximum atomic E-state index is 13.3. The first-order valence-corrected chi connectivity index (χ1v) is 8.66. The number of nitrogens with zero attached hydrogens (tertiary/aromatic N) is 6. The molecule has 1 saturated heterocycles. The monoisotopic (exact) mass is 354 g/mol. The van der Waals surface area contributed by atoms with E-state index in [9.17, 15) is 9.18 Å². The fourth-order valence-electron chi connectivity index (χ4n) is 3.19. The number of hydrogen-bond acceptors (Lipinski definition) is 5. The molecular formula is C18H19FN6O. The van der Waals surface area contributed by atoms with Crippen LogP contribution < -0.4 is 4.90 Å². The molecule has 1 aromatic carbocycles. The summed E-state index contributed by atoms with van der Waals surface area (Å²) >= 11 is 0. The molecule has 1 amide bonds. The van der Waals surface area contributed by atoms with Gasteiger partial charge in [-0.2, -0.15) is 9.61 Å². The second-order valence-electron chi connectivity index (χ2n) is 6.24. The summed E-state index contributed by atoms with van der Waals surface area (Å²) in [5.74, 6) is 0.299. The van der Waals surface area contributed by atoms with Crippen molar-refractivity contribution in [2.24, 2.45) is 0 Å². The lowest BCUT2D eigenvalue weighted by Gasteiger charge is -2.35. The molecule has 0 N–H and O–H groups in total. The van der Waals surface area contributed by atoms with Gasteiger partial charge in [-0.1, -0.05) is 13.0 Å². The Kier molecular flexibility index (Phi) is 4.24. The summed E-state index contributed by atoms with van der Waals surface area (Å²) in [5.41, 5.74) is 2.07. The van der Waals surface area contributed by atoms with Crippen LogP contribution in [-0.2, 0) is 6.42 Å². The third kappa shape index (κ3) is 2.98. The normalized spacial score (nSPS) is 14.8. The predicted molar refractivity (Wildman–Crippen MR) is 94.7 cm³/mol. The Morgan fingerprint density at radius 2 is 1.96 bits per heavy atom. The SMILES string of the molecule is CCc1nnc2cc(N3CCN(C(=O)c4cccc(F)c4)CC3)cnn12. The summed E-state index contributed by atoms with van der Waals surface area (Å²) in [6, 6.07) is 7.79. The number of amides is 1. The van der Waals surface area contributed by atoms with Crippen LogP contribution in [-0.4, -0.2) is 56.8 Å². The Bertz CT molecular complexity index is 948. The van der Waals surface area contributed by atoms with Gasteiger partial charge < -0.3 is 9.80 Å². The van der Waals surface area contributed by atoms with E-state index in [1.54, 1.807) is 27.7 Å². The van der Waals surface area contributed by atoms with E-state index in [1.807, 2.05) is 13.0 Å². The van der Waals surface area contributed by atoms with Gasteiger partial charge in [-0.15, -0.1) is 10.2 Å². The van der Waals surface area contributed by atoms with Crippen molar-refractivity contribution in [2.75, 3.05) is 31.1 Å². The standard InChI is InChI=1S/C18H19FN6O/c1-2-16-21-22-17-11-15(12-20-25(16)17)23-6-8-24(9-7-23)18(26)13-4-3-5-14(19)10-13/h3-5,10-12H,2,6-9H2,1H3. The van der Waals surface area contributed by atoms with Crippen LogP contribution in [0, 0.1) is 5.82 Å². The van der Waals surface area contributed by atoms with Gasteiger partial charge in [-0.05, 0) is 18.2 Å². The first-order valence-electron chi connectivity index (χ1n) is 8.66. The van der Waals surface area contributed by atoms with Gasteiger partial charge in [0.15, 0.2) is 11.5 Å². The van der Waals surface area contributed by atoms with Crippen LogP contribution in [0.4, 0.5) is 10.1 Å². The second kappa shape index (κ2) is 6.70. The molecule has 0 unspecified atom stereocenters. The van der Waals surface area contributed by atoms with Gasteiger partial charge >= 0.3 is 0 Å². The maximum Gasteiger partial charge on any atom is 0.254 e. The van der Waals surface area contributed by atoms with Crippen LogP contribution in [0.15, 0.2) is 36.5 Å². The largest absolute Gasteiger partial charge is 0.367 e. The van der Waals surface area contributed by atoms with Crippen LogP contribution in [0.1, 0.15) is 23.1 Å². The van der Waals surface area contributed by atoms with Crippen LogP contribution in [0.3, 0.4) is 0 Å². The Morgan fingerprint density at radius 3 is 2.69 bits per heavy atom. The predicted octanol–water partition coefficient (Wildman–Crippen LogP) is 1.79. The van der Waals surface area contributed by atoms with E-state index >= 15 is 0 Å². The lowest BCUT2D eigenvalue weighted by Crippen LogP contribution is -2.48. The smallest absolute Gasteiger partial charge is 0.254 e. The number of carbonyl (C=O) groups excluding carboxylic acids is 1. The summed E-state index contributed by atoms with van der Waals surface area (Å²) in [6.45, 7) is 4.54. The molecule has 8 heteroatoms. The Hall–Kier alpha value is -3.03. The molecule has 134 valence electrons. The lowest BCUT2D eigenvalue weighted by atomic mass is 10.1. The molecule has 1 aliphatic heterocycles. The number of carbonyl (C=O) groups is 1. The zero-order chi connectivity index (χ0) is 18.1. The average Bonchev–Trinajstić information content (AvgIpc) is 3.10. The van der Waals surface area contributed by atoms with E-state index in [-0.39, 0.29) is 5.91 Å². The molecule has 0 spiro atoms. The molecule has 4 rings (SSSR count). The molecule has 0 aliphatic carbocycles. The number of benzene rings is 1. The van der Waals surface area contributed by atoms with E-state index in [0.29, 0.717) is 31.7 Å². The molecule has 26 heavy (non-hydrogen) atoms. The van der Waals surface area contributed by atoms with Gasteiger partial charge in [-0.3, -0.25) is 4.79 Å². The number of hydrogen-bond donors (Lipinski definition) is 0. The molecule has 0 atom stereocenters. The average molecular weight is 354 g/mol. The van der Waals surface area contributed by atoms with Crippen molar-refractivity contribution in [3.63, 3.8) is 0 Å². The molecule has 2 aromatic heterocycles. The van der Waals surface area contributed by atoms with Crippen molar-refractivity contribution < 1.29 is 9.18 Å². The molecule has 1 aliphatic rings. The molecule has 0 bridgehead atoms. The first kappa shape index (κ1) is 16.4. The zero-order valence-corrected chi connectivity index (χ0v) is 14.5. The third-order valence-electron chi connectivity index (χ3n) is 4.63. The summed E-state index contributed by atoms with van der Waals surface area (Å²) in [4.78, 5) is 16.4. The lowest BCUT2D eigenvalue weighted by molar-refractivity contribution is 0.0746. The molecule has 0 radical (unpaired) electrons. The van der Waals surface area contributed by atoms with Crippen molar-refractivity contribution in [2.45, 2.75) is 13.3 Å². The minimum Gasteiger partial charge on any atom is -0.367 e. The summed E-state index contributed by atoms with van der Waals surface area (Å²) in [7, 11) is 0. The van der Waals surface area contributed by atoms with Crippen molar-refractivity contribution in [3.05, 3.63) is 53.7 Å². The zero-order valence-electron chi connectivity index (χ0n) is 14.5. The maximum absolute atomic E-state index is 13.3. The van der Waals surface area contributed by atoms with Gasteiger partial charge in [0.1, 0.15) is 5.82 Å². The fraction of sp³-hybridized carbons (Fsp3) is 0.333. The number of piperazine rings is 1. The number of rotatable bonds is 3. The quantitative estimate of drug-likeness (QED) is 0.717. The molecule has 7 nitrogen and oxygen atoms in total. The van der Waals surface area contributed by atoms with Crippen LogP contribution in [0.5, 0.6) is 0 Å². The van der Waals surface area contributed by atoms with E-state index in [0.717, 1.165) is 23.6 Å². The van der Waals surface area contributed by atoms with Gasteiger partial charge in [0.2, 0.25) is 0 Å². The highest BCUT2D eigenvalue weighted by atomic mass is 19.1.